The molecule has 2 aromatic carbocycles. The summed E-state index contributed by atoms with van der Waals surface area (Å²) in [5.41, 5.74) is 11.7. The molecule has 46 heavy (non-hydrogen) atoms. The fourth-order valence-corrected chi connectivity index (χ4v) is 6.69. The lowest BCUT2D eigenvalue weighted by Gasteiger charge is -2.29. The van der Waals surface area contributed by atoms with Gasteiger partial charge in [-0.25, -0.2) is 18.1 Å². The van der Waals surface area contributed by atoms with Gasteiger partial charge in [-0.2, -0.15) is 0 Å². The molecular formula is C32H43N7O5S2. The lowest BCUT2D eigenvalue weighted by atomic mass is 9.87. The Morgan fingerprint density at radius 1 is 0.891 bits per heavy atom. The SMILES string of the molecule is CC(C)(C)CC(NC(=O)C(Cc1ccccc1)NS(=O)(=O)Cc1ccccc1)C(=O)NC(CCCN=C(N)N)C(=O)c1nccs1. The van der Waals surface area contributed by atoms with Gasteiger partial charge in [0, 0.05) is 18.1 Å². The van der Waals surface area contributed by atoms with Crippen molar-refractivity contribution in [1.29, 1.82) is 0 Å². The molecule has 0 spiro atoms. The molecule has 0 radical (unpaired) electrons. The minimum atomic E-state index is -3.95. The largest absolute Gasteiger partial charge is 0.370 e. The van der Waals surface area contributed by atoms with E-state index in [1.807, 2.05) is 26.8 Å². The van der Waals surface area contributed by atoms with Gasteiger partial charge in [0.1, 0.15) is 12.1 Å². The van der Waals surface area contributed by atoms with Crippen LogP contribution in [-0.4, -0.2) is 61.6 Å². The first kappa shape index (κ1) is 36.3. The second-order valence-electron chi connectivity index (χ2n) is 12.1. The normalized spacial score (nSPS) is 13.6. The van der Waals surface area contributed by atoms with Crippen LogP contribution >= 0.6 is 11.3 Å². The molecule has 3 aromatic rings. The number of amides is 2. The molecule has 0 aliphatic carbocycles. The molecule has 1 heterocycles. The van der Waals surface area contributed by atoms with Gasteiger partial charge in [-0.1, -0.05) is 81.4 Å². The monoisotopic (exact) mass is 669 g/mol. The Morgan fingerprint density at radius 3 is 2.04 bits per heavy atom. The highest BCUT2D eigenvalue weighted by Gasteiger charge is 2.33. The van der Waals surface area contributed by atoms with Crippen LogP contribution in [0.1, 0.15) is 61.0 Å². The van der Waals surface area contributed by atoms with Crippen LogP contribution in [-0.2, 0) is 31.8 Å². The topological polar surface area (TPSA) is 199 Å². The number of aromatic nitrogens is 1. The Balaban J connectivity index is 1.84. The number of thiazole rings is 1. The Bertz CT molecular complexity index is 1560. The van der Waals surface area contributed by atoms with Crippen molar-refractivity contribution in [3.05, 3.63) is 88.4 Å². The molecule has 248 valence electrons. The first-order valence-electron chi connectivity index (χ1n) is 14.9. The van der Waals surface area contributed by atoms with E-state index in [9.17, 15) is 22.8 Å². The number of nitrogens with two attached hydrogens (primary N) is 2. The molecule has 3 atom stereocenters. The third-order valence-electron chi connectivity index (χ3n) is 6.79. The highest BCUT2D eigenvalue weighted by molar-refractivity contribution is 7.88. The van der Waals surface area contributed by atoms with Crippen molar-refractivity contribution in [2.75, 3.05) is 6.54 Å². The predicted octanol–water partition coefficient (Wildman–Crippen LogP) is 2.52. The van der Waals surface area contributed by atoms with Crippen molar-refractivity contribution in [2.45, 2.75) is 70.3 Å². The lowest BCUT2D eigenvalue weighted by molar-refractivity contribution is -0.130. The molecule has 3 rings (SSSR count). The number of aliphatic imine (C=N–C) groups is 1. The fourth-order valence-electron chi connectivity index (χ4n) is 4.72. The van der Waals surface area contributed by atoms with E-state index in [2.05, 4.69) is 25.3 Å². The van der Waals surface area contributed by atoms with Crippen molar-refractivity contribution in [2.24, 2.45) is 21.9 Å². The van der Waals surface area contributed by atoms with Crippen molar-refractivity contribution in [1.82, 2.24) is 20.3 Å². The summed E-state index contributed by atoms with van der Waals surface area (Å²) in [6, 6.07) is 14.4. The summed E-state index contributed by atoms with van der Waals surface area (Å²) < 4.78 is 29.0. The summed E-state index contributed by atoms with van der Waals surface area (Å²) >= 11 is 1.16. The molecular weight excluding hydrogens is 627 g/mol. The molecule has 0 bridgehead atoms. The van der Waals surface area contributed by atoms with Gasteiger partial charge < -0.3 is 22.1 Å². The summed E-state index contributed by atoms with van der Waals surface area (Å²) in [7, 11) is -3.95. The highest BCUT2D eigenvalue weighted by atomic mass is 32.2. The Hall–Kier alpha value is -4.14. The number of sulfonamides is 1. The van der Waals surface area contributed by atoms with Crippen molar-refractivity contribution in [3.8, 4) is 0 Å². The molecule has 12 nitrogen and oxygen atoms in total. The van der Waals surface area contributed by atoms with Crippen molar-refractivity contribution in [3.63, 3.8) is 0 Å². The number of nitrogens with one attached hydrogen (secondary N) is 3. The van der Waals surface area contributed by atoms with E-state index < -0.39 is 45.4 Å². The first-order valence-corrected chi connectivity index (χ1v) is 17.4. The molecule has 3 unspecified atom stereocenters. The zero-order valence-corrected chi connectivity index (χ0v) is 27.9. The van der Waals surface area contributed by atoms with E-state index >= 15 is 0 Å². The van der Waals surface area contributed by atoms with Gasteiger partial charge in [-0.3, -0.25) is 19.4 Å². The quantitative estimate of drug-likeness (QED) is 0.0625. The van der Waals surface area contributed by atoms with Gasteiger partial charge >= 0.3 is 0 Å². The van der Waals surface area contributed by atoms with Crippen LogP contribution in [0.4, 0.5) is 0 Å². The summed E-state index contributed by atoms with van der Waals surface area (Å²) in [6.07, 6.45) is 2.41. The van der Waals surface area contributed by atoms with Crippen molar-refractivity contribution >= 4 is 44.9 Å². The van der Waals surface area contributed by atoms with Crippen LogP contribution in [0.15, 0.2) is 77.2 Å². The number of nitrogens with zero attached hydrogens (tertiary/aromatic N) is 2. The molecule has 2 amide bonds. The van der Waals surface area contributed by atoms with Crippen LogP contribution in [0, 0.1) is 5.41 Å². The average Bonchev–Trinajstić information content (AvgIpc) is 3.53. The third kappa shape index (κ3) is 12.7. The van der Waals surface area contributed by atoms with Gasteiger partial charge in [-0.15, -0.1) is 11.3 Å². The van der Waals surface area contributed by atoms with Gasteiger partial charge in [-0.05, 0) is 42.2 Å². The van der Waals surface area contributed by atoms with Crippen LogP contribution in [0.3, 0.4) is 0 Å². The summed E-state index contributed by atoms with van der Waals surface area (Å²) in [6.45, 7) is 6.00. The van der Waals surface area contributed by atoms with E-state index in [1.165, 1.54) is 6.20 Å². The standard InChI is InChI=1S/C32H43N7O5S2/c1-32(2,3)20-26(29(42)37-24(15-10-16-36-31(33)34)27(40)30-35-17-18-45-30)38-28(41)25(19-22-11-6-4-7-12-22)39-46(43,44)21-23-13-8-5-9-14-23/h4-9,11-14,17-18,24-26,39H,10,15-16,19-21H2,1-3H3,(H,37,42)(H,38,41)(H4,33,34,36). The zero-order valence-electron chi connectivity index (χ0n) is 26.3. The van der Waals surface area contributed by atoms with Gasteiger partial charge in [0.15, 0.2) is 11.0 Å². The minimum absolute atomic E-state index is 0.0561. The number of carbonyl (C=O) groups excluding carboxylic acids is 3. The van der Waals surface area contributed by atoms with Crippen LogP contribution in [0.5, 0.6) is 0 Å². The number of Topliss-reactive ketones (excluding diaryl/α,β-unsaturated/α-hetero) is 1. The van der Waals surface area contributed by atoms with E-state index in [0.717, 1.165) is 16.9 Å². The van der Waals surface area contributed by atoms with Crippen LogP contribution in [0.25, 0.3) is 0 Å². The van der Waals surface area contributed by atoms with E-state index in [4.69, 9.17) is 11.5 Å². The number of guanidine groups is 1. The average molecular weight is 670 g/mol. The molecule has 0 fully saturated rings. The van der Waals surface area contributed by atoms with Gasteiger partial charge in [0.2, 0.25) is 27.6 Å². The maximum Gasteiger partial charge on any atom is 0.243 e. The second kappa shape index (κ2) is 17.0. The van der Waals surface area contributed by atoms with Crippen LogP contribution < -0.4 is 26.8 Å². The minimum Gasteiger partial charge on any atom is -0.370 e. The molecule has 0 aliphatic heterocycles. The smallest absolute Gasteiger partial charge is 0.243 e. The third-order valence-corrected chi connectivity index (χ3v) is 8.94. The Morgan fingerprint density at radius 2 is 1.48 bits per heavy atom. The first-order chi connectivity index (χ1) is 21.7. The van der Waals surface area contributed by atoms with Crippen molar-refractivity contribution < 1.29 is 22.8 Å². The fraction of sp³-hybridized carbons (Fsp3) is 0.406. The predicted molar refractivity (Wildman–Crippen MR) is 180 cm³/mol. The summed E-state index contributed by atoms with van der Waals surface area (Å²) in [5, 5.41) is 7.49. The number of benzene rings is 2. The maximum atomic E-state index is 13.8. The zero-order chi connectivity index (χ0) is 33.7. The molecule has 1 aromatic heterocycles. The molecule has 0 saturated carbocycles. The van der Waals surface area contributed by atoms with Gasteiger partial charge in [0.05, 0.1) is 11.8 Å². The Labute approximate surface area is 274 Å². The van der Waals surface area contributed by atoms with Crippen LogP contribution in [0.2, 0.25) is 0 Å². The summed E-state index contributed by atoms with van der Waals surface area (Å²) in [5.74, 6) is -2.02. The number of hydrogen-bond donors (Lipinski definition) is 5. The van der Waals surface area contributed by atoms with E-state index in [0.29, 0.717) is 12.0 Å². The van der Waals surface area contributed by atoms with E-state index in [-0.39, 0.29) is 48.3 Å². The molecule has 0 aliphatic rings. The second-order valence-corrected chi connectivity index (χ2v) is 14.8. The number of hydrogen-bond acceptors (Lipinski definition) is 8. The maximum absolute atomic E-state index is 13.8. The summed E-state index contributed by atoms with van der Waals surface area (Å²) in [4.78, 5) is 49.0. The number of carbonyl (C=O) groups is 3. The molecule has 0 saturated heterocycles. The van der Waals surface area contributed by atoms with E-state index in [1.54, 1.807) is 60.0 Å². The highest BCUT2D eigenvalue weighted by Crippen LogP contribution is 2.22. The number of ketones is 1. The Kier molecular flexibility index (Phi) is 13.4. The van der Waals surface area contributed by atoms with Gasteiger partial charge in [0.25, 0.3) is 0 Å². The lowest BCUT2D eigenvalue weighted by Crippen LogP contribution is -2.57. The molecule has 7 N–H and O–H groups in total. The number of rotatable bonds is 17. The molecule has 14 heteroatoms.